The van der Waals surface area contributed by atoms with Gasteiger partial charge in [0.2, 0.25) is 0 Å². The Hall–Kier alpha value is -1.81. The Morgan fingerprint density at radius 3 is 2.44 bits per heavy atom. The smallest absolute Gasteiger partial charge is 0.256 e. The topological polar surface area (TPSA) is 69.6 Å². The molecular formula is C12H13NO3. The van der Waals surface area contributed by atoms with Crippen molar-refractivity contribution >= 4 is 11.5 Å². The largest absolute Gasteiger partial charge is 0.509 e. The van der Waals surface area contributed by atoms with Crippen LogP contribution in [0, 0.1) is 0 Å². The molecule has 1 heterocycles. The molecule has 0 bridgehead atoms. The van der Waals surface area contributed by atoms with Crippen molar-refractivity contribution in [1.82, 2.24) is 5.32 Å². The quantitative estimate of drug-likeness (QED) is 0.690. The maximum Gasteiger partial charge on any atom is 0.256 e. The number of aliphatic hydroxyl groups is 2. The molecule has 0 saturated carbocycles. The molecule has 0 radical (unpaired) electrons. The van der Waals surface area contributed by atoms with Crippen molar-refractivity contribution in [1.29, 1.82) is 0 Å². The van der Waals surface area contributed by atoms with Gasteiger partial charge in [-0.25, -0.2) is 0 Å². The molecule has 4 heteroatoms. The monoisotopic (exact) mass is 219 g/mol. The van der Waals surface area contributed by atoms with Crippen molar-refractivity contribution in [2.45, 2.75) is 19.1 Å². The summed E-state index contributed by atoms with van der Waals surface area (Å²) in [6.45, 7) is 1.52. The molecule has 3 N–H and O–H groups in total. The van der Waals surface area contributed by atoms with Gasteiger partial charge in [0.15, 0.2) is 0 Å². The van der Waals surface area contributed by atoms with Crippen LogP contribution in [0.1, 0.15) is 12.5 Å². The van der Waals surface area contributed by atoms with Crippen molar-refractivity contribution in [3.05, 3.63) is 41.7 Å². The number of benzene rings is 1. The van der Waals surface area contributed by atoms with Gasteiger partial charge in [0.25, 0.3) is 5.91 Å². The summed E-state index contributed by atoms with van der Waals surface area (Å²) in [6, 6.07) is 8.20. The lowest BCUT2D eigenvalue weighted by Crippen LogP contribution is -2.37. The zero-order valence-electron chi connectivity index (χ0n) is 8.84. The van der Waals surface area contributed by atoms with E-state index in [-0.39, 0.29) is 17.2 Å². The predicted octanol–water partition coefficient (Wildman–Crippen LogP) is 0.835. The van der Waals surface area contributed by atoms with Gasteiger partial charge in [-0.05, 0) is 12.5 Å². The molecule has 0 spiro atoms. The molecule has 0 fully saturated rings. The van der Waals surface area contributed by atoms with Gasteiger partial charge in [0.05, 0.1) is 11.7 Å². The van der Waals surface area contributed by atoms with Gasteiger partial charge in [0.1, 0.15) is 11.8 Å². The molecule has 0 aliphatic carbocycles. The second-order valence-electron chi connectivity index (χ2n) is 3.82. The standard InChI is InChI=1S/C12H13NO3/c1-7(14)10-11(15)9(12(16)13-10)8-5-3-2-4-6-8/h2-7,10,14-15H,1H3,(H,13,16)/t7-,10-/m1/s1. The molecule has 2 rings (SSSR count). The first-order valence-electron chi connectivity index (χ1n) is 5.08. The SMILES string of the molecule is C[C@@H](O)[C@H]1NC(=O)C(c2ccccc2)=C1O. The summed E-state index contributed by atoms with van der Waals surface area (Å²) >= 11 is 0. The van der Waals surface area contributed by atoms with Gasteiger partial charge in [-0.1, -0.05) is 30.3 Å². The molecule has 84 valence electrons. The molecule has 0 saturated heterocycles. The Morgan fingerprint density at radius 2 is 1.94 bits per heavy atom. The maximum absolute atomic E-state index is 11.7. The number of aliphatic hydroxyl groups excluding tert-OH is 2. The van der Waals surface area contributed by atoms with E-state index in [0.29, 0.717) is 5.56 Å². The molecule has 0 aromatic heterocycles. The molecule has 1 aromatic rings. The molecule has 2 atom stereocenters. The van der Waals surface area contributed by atoms with Crippen molar-refractivity contribution in [3.8, 4) is 0 Å². The van der Waals surface area contributed by atoms with E-state index in [1.807, 2.05) is 6.07 Å². The molecule has 0 unspecified atom stereocenters. The van der Waals surface area contributed by atoms with E-state index < -0.39 is 12.1 Å². The summed E-state index contributed by atoms with van der Waals surface area (Å²) in [5.41, 5.74) is 0.896. The lowest BCUT2D eigenvalue weighted by molar-refractivity contribution is -0.115. The van der Waals surface area contributed by atoms with Gasteiger partial charge in [-0.3, -0.25) is 4.79 Å². The van der Waals surface area contributed by atoms with Gasteiger partial charge < -0.3 is 15.5 Å². The third kappa shape index (κ3) is 1.67. The van der Waals surface area contributed by atoms with Crippen LogP contribution in [-0.4, -0.2) is 28.3 Å². The van der Waals surface area contributed by atoms with E-state index in [1.54, 1.807) is 24.3 Å². The molecule has 4 nitrogen and oxygen atoms in total. The first kappa shape index (κ1) is 10.7. The number of carbonyl (C=O) groups is 1. The van der Waals surface area contributed by atoms with Crippen molar-refractivity contribution in [3.63, 3.8) is 0 Å². The summed E-state index contributed by atoms with van der Waals surface area (Å²) < 4.78 is 0. The molecule has 1 aromatic carbocycles. The number of amides is 1. The van der Waals surface area contributed by atoms with Gasteiger partial charge in [-0.15, -0.1) is 0 Å². The number of hydrogen-bond acceptors (Lipinski definition) is 3. The average molecular weight is 219 g/mol. The predicted molar refractivity (Wildman–Crippen MR) is 59.6 cm³/mol. The van der Waals surface area contributed by atoms with Crippen LogP contribution >= 0.6 is 0 Å². The first-order chi connectivity index (χ1) is 7.61. The Labute approximate surface area is 93.2 Å². The van der Waals surface area contributed by atoms with E-state index in [2.05, 4.69) is 5.32 Å². The van der Waals surface area contributed by atoms with Crippen LogP contribution in [0.3, 0.4) is 0 Å². The minimum Gasteiger partial charge on any atom is -0.509 e. The minimum absolute atomic E-state index is 0.0915. The highest BCUT2D eigenvalue weighted by molar-refractivity contribution is 6.22. The molecule has 16 heavy (non-hydrogen) atoms. The highest BCUT2D eigenvalue weighted by Crippen LogP contribution is 2.26. The van der Waals surface area contributed by atoms with Crippen LogP contribution in [0.2, 0.25) is 0 Å². The van der Waals surface area contributed by atoms with Crippen LogP contribution in [0.4, 0.5) is 0 Å². The minimum atomic E-state index is -0.815. The second-order valence-corrected chi connectivity index (χ2v) is 3.82. The zero-order chi connectivity index (χ0) is 11.7. The number of carbonyl (C=O) groups excluding carboxylic acids is 1. The fourth-order valence-corrected chi connectivity index (χ4v) is 1.79. The van der Waals surface area contributed by atoms with Crippen LogP contribution in [0.5, 0.6) is 0 Å². The van der Waals surface area contributed by atoms with E-state index in [0.717, 1.165) is 0 Å². The average Bonchev–Trinajstić information content (AvgIpc) is 2.56. The fourth-order valence-electron chi connectivity index (χ4n) is 1.79. The summed E-state index contributed by atoms with van der Waals surface area (Å²) in [7, 11) is 0. The van der Waals surface area contributed by atoms with Gasteiger partial charge in [0, 0.05) is 0 Å². The summed E-state index contributed by atoms with van der Waals surface area (Å²) in [4.78, 5) is 11.7. The molecule has 1 aliphatic rings. The number of hydrogen-bond donors (Lipinski definition) is 3. The maximum atomic E-state index is 11.7. The Bertz CT molecular complexity index is 437. The molecular weight excluding hydrogens is 206 g/mol. The normalized spacial score (nSPS) is 22.1. The van der Waals surface area contributed by atoms with Gasteiger partial charge in [-0.2, -0.15) is 0 Å². The van der Waals surface area contributed by atoms with Crippen molar-refractivity contribution in [2.75, 3.05) is 0 Å². The third-order valence-electron chi connectivity index (χ3n) is 2.61. The first-order valence-corrected chi connectivity index (χ1v) is 5.08. The van der Waals surface area contributed by atoms with Gasteiger partial charge >= 0.3 is 0 Å². The third-order valence-corrected chi connectivity index (χ3v) is 2.61. The zero-order valence-corrected chi connectivity index (χ0v) is 8.84. The summed E-state index contributed by atoms with van der Waals surface area (Å²) in [5.74, 6) is -0.444. The molecule has 1 amide bonds. The van der Waals surface area contributed by atoms with E-state index >= 15 is 0 Å². The van der Waals surface area contributed by atoms with E-state index in [4.69, 9.17) is 0 Å². The number of nitrogens with one attached hydrogen (secondary N) is 1. The van der Waals surface area contributed by atoms with E-state index in [9.17, 15) is 15.0 Å². The van der Waals surface area contributed by atoms with Crippen molar-refractivity contribution < 1.29 is 15.0 Å². The van der Waals surface area contributed by atoms with Crippen LogP contribution in [0.25, 0.3) is 5.57 Å². The van der Waals surface area contributed by atoms with Crippen LogP contribution in [-0.2, 0) is 4.79 Å². The lowest BCUT2D eigenvalue weighted by Gasteiger charge is -2.13. The highest BCUT2D eigenvalue weighted by Gasteiger charge is 2.34. The number of rotatable bonds is 2. The highest BCUT2D eigenvalue weighted by atomic mass is 16.3. The van der Waals surface area contributed by atoms with Crippen LogP contribution in [0.15, 0.2) is 36.1 Å². The lowest BCUT2D eigenvalue weighted by atomic mass is 10.0. The fraction of sp³-hybridized carbons (Fsp3) is 0.250. The Balaban J connectivity index is 2.44. The molecule has 1 aliphatic heterocycles. The summed E-state index contributed by atoms with van der Waals surface area (Å²) in [5, 5.41) is 21.8. The summed E-state index contributed by atoms with van der Waals surface area (Å²) in [6.07, 6.45) is -0.815. The Kier molecular flexibility index (Phi) is 2.66. The second kappa shape index (κ2) is 3.98. The Morgan fingerprint density at radius 1 is 1.31 bits per heavy atom. The van der Waals surface area contributed by atoms with Crippen LogP contribution < -0.4 is 5.32 Å². The van der Waals surface area contributed by atoms with E-state index in [1.165, 1.54) is 6.92 Å². The van der Waals surface area contributed by atoms with Crippen molar-refractivity contribution in [2.24, 2.45) is 0 Å².